The Hall–Kier alpha value is -0.552. The number of hydrogen-bond acceptors (Lipinski definition) is 2. The summed E-state index contributed by atoms with van der Waals surface area (Å²) in [6.45, 7) is 0. The largest absolute Gasteiger partial charge is 0.693 e. The number of rotatable bonds is 1. The van der Waals surface area contributed by atoms with E-state index in [1.165, 1.54) is 0 Å². The molecule has 0 unspecified atom stereocenters. The molecule has 1 aromatic carbocycles. The number of ether oxygens (including phenoxy) is 1. The van der Waals surface area contributed by atoms with Crippen molar-refractivity contribution in [1.29, 1.82) is 5.26 Å². The van der Waals surface area contributed by atoms with Gasteiger partial charge in [0, 0.05) is 0 Å². The van der Waals surface area contributed by atoms with E-state index in [9.17, 15) is 0 Å². The van der Waals surface area contributed by atoms with Crippen molar-refractivity contribution in [3.05, 3.63) is 43.4 Å². The van der Waals surface area contributed by atoms with E-state index in [0.717, 1.165) is 0 Å². The van der Waals surface area contributed by atoms with Crippen LogP contribution in [0.2, 0.25) is 0 Å². The summed E-state index contributed by atoms with van der Waals surface area (Å²) in [5.74, 6) is 0.630. The van der Waals surface area contributed by atoms with Crippen molar-refractivity contribution in [3.8, 4) is 11.8 Å². The molecule has 5 heteroatoms. The van der Waals surface area contributed by atoms with Gasteiger partial charge < -0.3 is 18.3 Å². The van der Waals surface area contributed by atoms with E-state index >= 15 is 0 Å². The van der Waals surface area contributed by atoms with E-state index in [4.69, 9.17) is 10.00 Å². The molecule has 0 bridgehead atoms. The second-order valence-corrected chi connectivity index (χ2v) is 1.81. The topological polar surface area (TPSA) is 66.5 Å². The molecule has 1 aromatic rings. The molecule has 14 heavy (non-hydrogen) atoms. The zero-order valence-corrected chi connectivity index (χ0v) is 11.0. The molecule has 0 aliphatic rings. The number of para-hydroxylation sites is 1. The van der Waals surface area contributed by atoms with Gasteiger partial charge >= 0.3 is 28.2 Å². The van der Waals surface area contributed by atoms with Gasteiger partial charge in [-0.15, -0.1) is 0 Å². The van der Waals surface area contributed by atoms with E-state index in [0.29, 0.717) is 11.3 Å². The van der Waals surface area contributed by atoms with Crippen LogP contribution in [-0.2, 0) is 18.8 Å². The number of hydrogen-bond donors (Lipinski definition) is 0. The molecule has 0 fully saturated rings. The van der Waals surface area contributed by atoms with E-state index in [1.807, 2.05) is 12.1 Å². The second-order valence-electron chi connectivity index (χ2n) is 1.81. The van der Waals surface area contributed by atoms with Gasteiger partial charge in [-0.2, -0.15) is 5.26 Å². The van der Waals surface area contributed by atoms with Crippen LogP contribution in [0.25, 0.3) is 6.15 Å². The average molecular weight is 395 g/mol. The van der Waals surface area contributed by atoms with Crippen LogP contribution in [0.1, 0.15) is 5.56 Å². The van der Waals surface area contributed by atoms with Crippen LogP contribution in [-0.4, -0.2) is 7.11 Å². The molecule has 1 rings (SSSR count). The Morgan fingerprint density at radius 1 is 1.36 bits per heavy atom. The second kappa shape index (κ2) is 12.4. The monoisotopic (exact) mass is 394 g/mol. The summed E-state index contributed by atoms with van der Waals surface area (Å²) in [5, 5.41) is 8.52. The molecule has 0 saturated heterocycles. The van der Waals surface area contributed by atoms with Crippen molar-refractivity contribution in [2.24, 2.45) is 0 Å². The maximum Gasteiger partial charge on any atom is -0.693 e. The summed E-state index contributed by atoms with van der Waals surface area (Å²) in [7, 11) is 6.16. The summed E-state index contributed by atoms with van der Waals surface area (Å²) >= 11 is 1.61. The molecule has 0 spiro atoms. The summed E-state index contributed by atoms with van der Waals surface area (Å²) in [4.78, 5) is 0. The number of nitriles is 1. The van der Waals surface area contributed by atoms with E-state index in [2.05, 4.69) is 9.42 Å². The van der Waals surface area contributed by atoms with Crippen LogP contribution in [0.3, 0.4) is 0 Å². The van der Waals surface area contributed by atoms with Gasteiger partial charge in [0.05, 0.1) is 12.7 Å². The predicted octanol–water partition coefficient (Wildman–Crippen LogP) is 3.42. The molecule has 83 valence electrons. The van der Waals surface area contributed by atoms with Crippen LogP contribution in [0, 0.1) is 18.8 Å². The van der Waals surface area contributed by atoms with Gasteiger partial charge in [0.1, 0.15) is 11.8 Å². The molecule has 0 atom stereocenters. The van der Waals surface area contributed by atoms with Crippen molar-refractivity contribution in [1.82, 2.24) is 0 Å². The molecule has 3 nitrogen and oxygen atoms in total. The van der Waals surface area contributed by atoms with Gasteiger partial charge in [-0.25, -0.2) is 0 Å². The molecular formula is C9H12ClN2OPt-2. The number of nitrogens with zero attached hydrogens (tertiary/aromatic N) is 1. The van der Waals surface area contributed by atoms with Gasteiger partial charge in [0.25, 0.3) is 0 Å². The number of methoxy groups -OCH3 is 1. The summed E-state index contributed by atoms with van der Waals surface area (Å²) in [6, 6.07) is 9.14. The van der Waals surface area contributed by atoms with Gasteiger partial charge in [0.2, 0.25) is 0 Å². The summed E-state index contributed by atoms with van der Waals surface area (Å²) in [5.41, 5.74) is 0.574. The maximum atomic E-state index is 8.52. The van der Waals surface area contributed by atoms with Crippen molar-refractivity contribution < 1.29 is 23.5 Å². The third kappa shape index (κ3) is 5.99. The van der Waals surface area contributed by atoms with Crippen LogP contribution in [0.4, 0.5) is 0 Å². The zero-order chi connectivity index (χ0) is 9.40. The molecule has 0 aromatic heterocycles. The average Bonchev–Trinajstić information content (AvgIpc) is 2.20. The van der Waals surface area contributed by atoms with E-state index in [-0.39, 0.29) is 13.6 Å². The first kappa shape index (κ1) is 19.1. The fourth-order valence-electron chi connectivity index (χ4n) is 0.737. The van der Waals surface area contributed by atoms with Crippen molar-refractivity contribution in [2.45, 2.75) is 0 Å². The van der Waals surface area contributed by atoms with Crippen LogP contribution in [0.5, 0.6) is 5.75 Å². The van der Waals surface area contributed by atoms with Gasteiger partial charge in [-0.05, 0) is 12.1 Å². The normalized spacial score (nSPS) is 6.50. The molecule has 0 heterocycles. The Morgan fingerprint density at radius 3 is 2.21 bits per heavy atom. The van der Waals surface area contributed by atoms with Gasteiger partial charge in [0.15, 0.2) is 0 Å². The number of halogens is 1. The molecular weight excluding hydrogens is 383 g/mol. The first-order valence-electron chi connectivity index (χ1n) is 3.03. The quantitative estimate of drug-likeness (QED) is 0.685. The van der Waals surface area contributed by atoms with Crippen LogP contribution in [0.15, 0.2) is 24.3 Å². The third-order valence-electron chi connectivity index (χ3n) is 1.23. The van der Waals surface area contributed by atoms with Crippen molar-refractivity contribution in [3.63, 3.8) is 0 Å². The maximum absolute atomic E-state index is 8.52. The summed E-state index contributed by atoms with van der Waals surface area (Å²) < 4.78 is 4.91. The standard InChI is InChI=1S/C8H7NO.CH3.ClH.H2N.Pt/c1-10-8-5-3-2-4-7(8)6-9;;;;/h2-5H,1H3;1H3;1H;1H2;/q;-1;;-1;+1/p-1. The molecule has 0 aliphatic heterocycles. The molecule has 2 N–H and O–H groups in total. The van der Waals surface area contributed by atoms with Crippen LogP contribution < -0.4 is 4.74 Å². The number of nitrogens with two attached hydrogens (primary N) is 1. The van der Waals surface area contributed by atoms with Gasteiger partial charge in [-0.1, -0.05) is 12.1 Å². The van der Waals surface area contributed by atoms with E-state index in [1.54, 1.807) is 44.1 Å². The smallest absolute Gasteiger partial charge is 0.693 e. The van der Waals surface area contributed by atoms with Crippen molar-refractivity contribution in [2.75, 3.05) is 7.11 Å². The fraction of sp³-hybridized carbons (Fsp3) is 0.111. The van der Waals surface area contributed by atoms with Crippen molar-refractivity contribution >= 4 is 9.42 Å². The predicted molar refractivity (Wildman–Crippen MR) is 55.3 cm³/mol. The molecule has 0 saturated carbocycles. The molecule has 0 radical (unpaired) electrons. The van der Waals surface area contributed by atoms with Gasteiger partial charge in [-0.3, -0.25) is 0 Å². The zero-order valence-electron chi connectivity index (χ0n) is 7.94. The Kier molecular flexibility index (Phi) is 17.0. The van der Waals surface area contributed by atoms with Crippen LogP contribution >= 0.6 is 9.42 Å². The Morgan fingerprint density at radius 2 is 1.86 bits per heavy atom. The first-order chi connectivity index (χ1) is 5.88. The number of benzene rings is 1. The first-order valence-corrected chi connectivity index (χ1v) is 5.85. The third-order valence-corrected chi connectivity index (χ3v) is 1.23. The molecule has 0 aliphatic carbocycles. The minimum atomic E-state index is 0. The molecule has 0 amide bonds. The fourth-order valence-corrected chi connectivity index (χ4v) is 0.737. The minimum absolute atomic E-state index is 0. The SMILES string of the molecule is COc1ccccc1C#N.[CH3-].[Cl][Pt].[NH2-]. The minimum Gasteiger partial charge on any atom is -0.693 e. The van der Waals surface area contributed by atoms with E-state index < -0.39 is 0 Å². The Bertz CT molecular complexity index is 276. The Labute approximate surface area is 100 Å². The summed E-state index contributed by atoms with van der Waals surface area (Å²) in [6.07, 6.45) is 0. The Balaban J connectivity index is -0.000000284.